The van der Waals surface area contributed by atoms with E-state index in [1.165, 1.54) is 15.6 Å². The Morgan fingerprint density at radius 2 is 1.88 bits per heavy atom. The third kappa shape index (κ3) is 3.36. The molecule has 1 aliphatic heterocycles. The van der Waals surface area contributed by atoms with Gasteiger partial charge >= 0.3 is 0 Å². The van der Waals surface area contributed by atoms with E-state index in [0.717, 1.165) is 49.0 Å². The minimum atomic E-state index is 0.759. The van der Waals surface area contributed by atoms with Crippen molar-refractivity contribution in [1.29, 1.82) is 5.26 Å². The van der Waals surface area contributed by atoms with Crippen molar-refractivity contribution in [1.82, 2.24) is 4.90 Å². The number of halogens is 1. The molecule has 2 aromatic carbocycles. The van der Waals surface area contributed by atoms with Gasteiger partial charge < -0.3 is 4.90 Å². The molecule has 0 spiro atoms. The van der Waals surface area contributed by atoms with Crippen LogP contribution in [-0.4, -0.2) is 31.1 Å². The van der Waals surface area contributed by atoms with Crippen LogP contribution in [0.4, 0.5) is 5.69 Å². The Morgan fingerprint density at radius 3 is 2.68 bits per heavy atom. The summed E-state index contributed by atoms with van der Waals surface area (Å²) in [5.41, 5.74) is 3.17. The Morgan fingerprint density at radius 1 is 1.08 bits per heavy atom. The SMILES string of the molecule is N#Cc1ccccc1N1CCN(Cc2csc3ccc(Cl)cc23)CC1. The smallest absolute Gasteiger partial charge is 0.101 e. The molecule has 1 saturated heterocycles. The molecule has 0 bridgehead atoms. The molecule has 5 heteroatoms. The Balaban J connectivity index is 1.45. The molecule has 0 atom stereocenters. The minimum Gasteiger partial charge on any atom is -0.368 e. The molecule has 3 aromatic rings. The van der Waals surface area contributed by atoms with Crippen LogP contribution >= 0.6 is 22.9 Å². The van der Waals surface area contributed by atoms with Gasteiger partial charge in [-0.3, -0.25) is 4.90 Å². The van der Waals surface area contributed by atoms with Crippen molar-refractivity contribution in [2.24, 2.45) is 0 Å². The molecule has 25 heavy (non-hydrogen) atoms. The first-order valence-electron chi connectivity index (χ1n) is 8.36. The maximum atomic E-state index is 9.30. The monoisotopic (exact) mass is 367 g/mol. The highest BCUT2D eigenvalue weighted by molar-refractivity contribution is 7.17. The summed E-state index contributed by atoms with van der Waals surface area (Å²) in [5, 5.41) is 13.6. The molecule has 1 aliphatic rings. The fourth-order valence-corrected chi connectivity index (χ4v) is 4.51. The van der Waals surface area contributed by atoms with Crippen molar-refractivity contribution in [3.63, 3.8) is 0 Å². The van der Waals surface area contributed by atoms with Crippen LogP contribution in [0.5, 0.6) is 0 Å². The van der Waals surface area contributed by atoms with Crippen LogP contribution in [-0.2, 0) is 6.54 Å². The lowest BCUT2D eigenvalue weighted by atomic mass is 10.1. The van der Waals surface area contributed by atoms with Gasteiger partial charge in [0.1, 0.15) is 6.07 Å². The highest BCUT2D eigenvalue weighted by atomic mass is 35.5. The fourth-order valence-electron chi connectivity index (χ4n) is 3.41. The second-order valence-electron chi connectivity index (χ2n) is 6.29. The summed E-state index contributed by atoms with van der Waals surface area (Å²) in [5.74, 6) is 0. The van der Waals surface area contributed by atoms with Gasteiger partial charge in [-0.05, 0) is 46.7 Å². The van der Waals surface area contributed by atoms with Crippen molar-refractivity contribution >= 4 is 38.7 Å². The lowest BCUT2D eigenvalue weighted by Crippen LogP contribution is -2.46. The van der Waals surface area contributed by atoms with E-state index in [0.29, 0.717) is 0 Å². The Labute approximate surface area is 156 Å². The molecule has 1 aromatic heterocycles. The van der Waals surface area contributed by atoms with Crippen molar-refractivity contribution in [2.75, 3.05) is 31.1 Å². The molecular formula is C20H18ClN3S. The van der Waals surface area contributed by atoms with E-state index in [4.69, 9.17) is 11.6 Å². The maximum Gasteiger partial charge on any atom is 0.101 e. The molecule has 3 nitrogen and oxygen atoms in total. The predicted molar refractivity (Wildman–Crippen MR) is 105 cm³/mol. The quantitative estimate of drug-likeness (QED) is 0.669. The van der Waals surface area contributed by atoms with Crippen LogP contribution in [0.25, 0.3) is 10.1 Å². The summed E-state index contributed by atoms with van der Waals surface area (Å²) >= 11 is 7.95. The van der Waals surface area contributed by atoms with Gasteiger partial charge in [-0.1, -0.05) is 23.7 Å². The van der Waals surface area contributed by atoms with Gasteiger partial charge in [-0.15, -0.1) is 11.3 Å². The van der Waals surface area contributed by atoms with Crippen molar-refractivity contribution < 1.29 is 0 Å². The van der Waals surface area contributed by atoms with Gasteiger partial charge in [0.25, 0.3) is 0 Å². The summed E-state index contributed by atoms with van der Waals surface area (Å²) in [6.07, 6.45) is 0. The lowest BCUT2D eigenvalue weighted by molar-refractivity contribution is 0.251. The number of thiophene rings is 1. The molecule has 2 heterocycles. The molecule has 0 unspecified atom stereocenters. The number of nitrogens with zero attached hydrogens (tertiary/aromatic N) is 3. The van der Waals surface area contributed by atoms with Gasteiger partial charge in [0.15, 0.2) is 0 Å². The first-order chi connectivity index (χ1) is 12.2. The van der Waals surface area contributed by atoms with Gasteiger partial charge in [0.05, 0.1) is 11.3 Å². The summed E-state index contributed by atoms with van der Waals surface area (Å²) in [4.78, 5) is 4.80. The van der Waals surface area contributed by atoms with Crippen LogP contribution in [0.1, 0.15) is 11.1 Å². The molecule has 126 valence electrons. The second-order valence-corrected chi connectivity index (χ2v) is 7.64. The summed E-state index contributed by atoms with van der Waals surface area (Å²) < 4.78 is 1.29. The predicted octanol–water partition coefficient (Wildman–Crippen LogP) is 4.75. The zero-order valence-corrected chi connectivity index (χ0v) is 15.4. The molecule has 0 N–H and O–H groups in total. The number of benzene rings is 2. The van der Waals surface area contributed by atoms with Gasteiger partial charge in [-0.25, -0.2) is 0 Å². The third-order valence-electron chi connectivity index (χ3n) is 4.75. The van der Waals surface area contributed by atoms with E-state index >= 15 is 0 Å². The van der Waals surface area contributed by atoms with Gasteiger partial charge in [0.2, 0.25) is 0 Å². The highest BCUT2D eigenvalue weighted by Crippen LogP contribution is 2.30. The highest BCUT2D eigenvalue weighted by Gasteiger charge is 2.20. The fraction of sp³-hybridized carbons (Fsp3) is 0.250. The first kappa shape index (κ1) is 16.4. The largest absolute Gasteiger partial charge is 0.368 e. The van der Waals surface area contributed by atoms with E-state index in [2.05, 4.69) is 33.4 Å². The summed E-state index contributed by atoms with van der Waals surface area (Å²) in [6.45, 7) is 4.84. The van der Waals surface area contributed by atoms with Crippen LogP contribution < -0.4 is 4.90 Å². The maximum absolute atomic E-state index is 9.30. The van der Waals surface area contributed by atoms with E-state index in [-0.39, 0.29) is 0 Å². The number of rotatable bonds is 3. The van der Waals surface area contributed by atoms with E-state index in [1.54, 1.807) is 11.3 Å². The number of para-hydroxylation sites is 1. The minimum absolute atomic E-state index is 0.759. The van der Waals surface area contributed by atoms with Crippen LogP contribution in [0.3, 0.4) is 0 Å². The average Bonchev–Trinajstić information content (AvgIpc) is 3.04. The summed E-state index contributed by atoms with van der Waals surface area (Å²) in [7, 11) is 0. The molecule has 0 radical (unpaired) electrons. The number of anilines is 1. The van der Waals surface area contributed by atoms with E-state index < -0.39 is 0 Å². The molecular weight excluding hydrogens is 350 g/mol. The molecule has 0 aliphatic carbocycles. The topological polar surface area (TPSA) is 30.3 Å². The number of piperazine rings is 1. The van der Waals surface area contributed by atoms with Crippen molar-refractivity contribution in [3.8, 4) is 6.07 Å². The Hall–Kier alpha value is -2.06. The van der Waals surface area contributed by atoms with Crippen LogP contribution in [0, 0.1) is 11.3 Å². The zero-order chi connectivity index (χ0) is 17.2. The zero-order valence-electron chi connectivity index (χ0n) is 13.8. The number of fused-ring (bicyclic) bond motifs is 1. The lowest BCUT2D eigenvalue weighted by Gasteiger charge is -2.36. The molecule has 0 amide bonds. The first-order valence-corrected chi connectivity index (χ1v) is 9.62. The third-order valence-corrected chi connectivity index (χ3v) is 5.99. The molecule has 1 fully saturated rings. The summed E-state index contributed by atoms with van der Waals surface area (Å²) in [6, 6.07) is 16.3. The number of nitriles is 1. The van der Waals surface area contributed by atoms with Gasteiger partial charge in [0, 0.05) is 42.4 Å². The Kier molecular flexibility index (Phi) is 4.63. The molecule has 0 saturated carbocycles. The number of hydrogen-bond acceptors (Lipinski definition) is 4. The normalized spacial score (nSPS) is 15.4. The number of hydrogen-bond donors (Lipinski definition) is 0. The van der Waals surface area contributed by atoms with E-state index in [9.17, 15) is 5.26 Å². The van der Waals surface area contributed by atoms with Crippen molar-refractivity contribution in [2.45, 2.75) is 6.54 Å². The standard InChI is InChI=1S/C20H18ClN3S/c21-17-5-6-20-18(11-17)16(14-25-20)13-23-7-9-24(10-8-23)19-4-2-1-3-15(19)12-22/h1-6,11,14H,7-10,13H2. The van der Waals surface area contributed by atoms with Crippen molar-refractivity contribution in [3.05, 3.63) is 64.0 Å². The van der Waals surface area contributed by atoms with E-state index in [1.807, 2.05) is 30.3 Å². The molecule has 4 rings (SSSR count). The van der Waals surface area contributed by atoms with Gasteiger partial charge in [-0.2, -0.15) is 5.26 Å². The van der Waals surface area contributed by atoms with Crippen LogP contribution in [0.2, 0.25) is 5.02 Å². The second kappa shape index (κ2) is 7.05. The van der Waals surface area contributed by atoms with Crippen LogP contribution in [0.15, 0.2) is 47.8 Å². The average molecular weight is 368 g/mol. The Bertz CT molecular complexity index is 936.